The second-order valence-electron chi connectivity index (χ2n) is 6.27. The van der Waals surface area contributed by atoms with Crippen molar-refractivity contribution < 1.29 is 17.9 Å². The van der Waals surface area contributed by atoms with E-state index in [9.17, 15) is 13.2 Å². The number of hydrogen-bond acceptors (Lipinski definition) is 4. The number of nitrogens with zero attached hydrogens (tertiary/aromatic N) is 1. The SMILES string of the molecule is Cc1ccc2c(c1)N(S(C)(=O)=O)C[C@@H](C(=O)Nc1cccc(Cl)c1C)O2. The number of carbonyl (C=O) groups excluding carboxylic acids is 1. The highest BCUT2D eigenvalue weighted by Crippen LogP contribution is 2.36. The smallest absolute Gasteiger partial charge is 0.267 e. The predicted molar refractivity (Wildman–Crippen MR) is 103 cm³/mol. The van der Waals surface area contributed by atoms with E-state index in [0.29, 0.717) is 22.1 Å². The van der Waals surface area contributed by atoms with E-state index < -0.39 is 22.0 Å². The fourth-order valence-electron chi connectivity index (χ4n) is 2.77. The van der Waals surface area contributed by atoms with Crippen LogP contribution in [0.3, 0.4) is 0 Å². The molecule has 0 saturated heterocycles. The van der Waals surface area contributed by atoms with Crippen molar-refractivity contribution in [3.05, 3.63) is 52.5 Å². The van der Waals surface area contributed by atoms with Crippen molar-refractivity contribution in [2.75, 3.05) is 22.4 Å². The number of aryl methyl sites for hydroxylation is 1. The lowest BCUT2D eigenvalue weighted by molar-refractivity contribution is -0.122. The van der Waals surface area contributed by atoms with Gasteiger partial charge in [0.2, 0.25) is 10.0 Å². The van der Waals surface area contributed by atoms with Crippen LogP contribution in [0.5, 0.6) is 5.75 Å². The molecule has 2 aromatic carbocycles. The third-order valence-corrected chi connectivity index (χ3v) is 5.76. The van der Waals surface area contributed by atoms with E-state index in [2.05, 4.69) is 5.32 Å². The second-order valence-corrected chi connectivity index (χ2v) is 8.59. The average Bonchev–Trinajstić information content (AvgIpc) is 2.57. The molecule has 0 unspecified atom stereocenters. The Bertz CT molecular complexity index is 975. The van der Waals surface area contributed by atoms with E-state index in [1.807, 2.05) is 6.92 Å². The number of hydrogen-bond donors (Lipinski definition) is 1. The summed E-state index contributed by atoms with van der Waals surface area (Å²) in [6.45, 7) is 3.56. The van der Waals surface area contributed by atoms with Gasteiger partial charge in [-0.1, -0.05) is 23.7 Å². The Kier molecular flexibility index (Phi) is 4.86. The van der Waals surface area contributed by atoms with Gasteiger partial charge in [-0.05, 0) is 49.2 Å². The predicted octanol–water partition coefficient (Wildman–Crippen LogP) is 3.12. The Morgan fingerprint density at radius 2 is 2.00 bits per heavy atom. The number of fused-ring (bicyclic) bond motifs is 1. The zero-order valence-corrected chi connectivity index (χ0v) is 16.2. The second kappa shape index (κ2) is 6.81. The maximum absolute atomic E-state index is 12.7. The van der Waals surface area contributed by atoms with Crippen LogP contribution in [0.4, 0.5) is 11.4 Å². The number of anilines is 2. The third-order valence-electron chi connectivity index (χ3n) is 4.20. The molecule has 138 valence electrons. The number of carbonyl (C=O) groups is 1. The van der Waals surface area contributed by atoms with Gasteiger partial charge in [0, 0.05) is 10.7 Å². The zero-order valence-electron chi connectivity index (χ0n) is 14.6. The molecule has 1 N–H and O–H groups in total. The van der Waals surface area contributed by atoms with Gasteiger partial charge in [0.15, 0.2) is 6.10 Å². The van der Waals surface area contributed by atoms with Crippen molar-refractivity contribution in [3.63, 3.8) is 0 Å². The summed E-state index contributed by atoms with van der Waals surface area (Å²) in [6, 6.07) is 10.4. The monoisotopic (exact) mass is 394 g/mol. The van der Waals surface area contributed by atoms with Crippen LogP contribution in [0.25, 0.3) is 0 Å². The van der Waals surface area contributed by atoms with E-state index in [1.165, 1.54) is 4.31 Å². The van der Waals surface area contributed by atoms with E-state index in [1.54, 1.807) is 43.3 Å². The molecule has 0 aromatic heterocycles. The molecule has 2 aromatic rings. The van der Waals surface area contributed by atoms with Crippen LogP contribution < -0.4 is 14.4 Å². The molecule has 1 aliphatic rings. The number of rotatable bonds is 3. The minimum Gasteiger partial charge on any atom is -0.476 e. The van der Waals surface area contributed by atoms with Crippen molar-refractivity contribution in [2.45, 2.75) is 20.0 Å². The first-order valence-corrected chi connectivity index (χ1v) is 10.2. The molecule has 3 rings (SSSR count). The van der Waals surface area contributed by atoms with Crippen LogP contribution in [-0.4, -0.2) is 33.2 Å². The van der Waals surface area contributed by atoms with Crippen LogP contribution in [0, 0.1) is 13.8 Å². The Morgan fingerprint density at radius 3 is 2.69 bits per heavy atom. The van der Waals surface area contributed by atoms with Gasteiger partial charge in [0.25, 0.3) is 5.91 Å². The maximum atomic E-state index is 12.7. The highest BCUT2D eigenvalue weighted by molar-refractivity contribution is 7.92. The standard InChI is InChI=1S/C18H19ClN2O4S/c1-11-7-8-16-15(9-11)21(26(3,23)24)10-17(25-16)18(22)20-14-6-4-5-13(19)12(14)2/h4-9,17H,10H2,1-3H3,(H,20,22)/t17-/m0/s1. The summed E-state index contributed by atoms with van der Waals surface area (Å²) in [7, 11) is -3.56. The Labute approximate surface area is 157 Å². The summed E-state index contributed by atoms with van der Waals surface area (Å²) in [5.41, 5.74) is 2.63. The summed E-state index contributed by atoms with van der Waals surface area (Å²) in [5, 5.41) is 3.30. The van der Waals surface area contributed by atoms with Crippen LogP contribution in [0.15, 0.2) is 36.4 Å². The normalized spacial score (nSPS) is 16.6. The van der Waals surface area contributed by atoms with Gasteiger partial charge in [0.1, 0.15) is 5.75 Å². The molecule has 0 spiro atoms. The van der Waals surface area contributed by atoms with Crippen molar-refractivity contribution in [2.24, 2.45) is 0 Å². The van der Waals surface area contributed by atoms with Gasteiger partial charge in [0.05, 0.1) is 18.5 Å². The number of nitrogens with one attached hydrogen (secondary N) is 1. The molecule has 0 aliphatic carbocycles. The molecule has 6 nitrogen and oxygen atoms in total. The molecule has 1 atom stereocenters. The van der Waals surface area contributed by atoms with Gasteiger partial charge >= 0.3 is 0 Å². The molecule has 1 aliphatic heterocycles. The minimum absolute atomic E-state index is 0.0965. The molecular weight excluding hydrogens is 376 g/mol. The summed E-state index contributed by atoms with van der Waals surface area (Å²) in [6.07, 6.45) is 0.138. The van der Waals surface area contributed by atoms with Gasteiger partial charge in [-0.3, -0.25) is 9.10 Å². The molecule has 0 radical (unpaired) electrons. The highest BCUT2D eigenvalue weighted by atomic mass is 35.5. The lowest BCUT2D eigenvalue weighted by atomic mass is 10.1. The van der Waals surface area contributed by atoms with Gasteiger partial charge in [-0.25, -0.2) is 8.42 Å². The van der Waals surface area contributed by atoms with Crippen LogP contribution in [0.1, 0.15) is 11.1 Å². The van der Waals surface area contributed by atoms with Gasteiger partial charge in [-0.2, -0.15) is 0 Å². The maximum Gasteiger partial charge on any atom is 0.267 e. The molecule has 8 heteroatoms. The van der Waals surface area contributed by atoms with E-state index in [0.717, 1.165) is 17.4 Å². The van der Waals surface area contributed by atoms with E-state index in [4.69, 9.17) is 16.3 Å². The Hall–Kier alpha value is -2.25. The first-order chi connectivity index (χ1) is 12.2. The number of ether oxygens (including phenoxy) is 1. The van der Waals surface area contributed by atoms with Crippen LogP contribution in [-0.2, 0) is 14.8 Å². The minimum atomic E-state index is -3.56. The molecule has 1 amide bonds. The summed E-state index contributed by atoms with van der Waals surface area (Å²) in [4.78, 5) is 12.7. The van der Waals surface area contributed by atoms with Crippen molar-refractivity contribution in [1.82, 2.24) is 0 Å². The average molecular weight is 395 g/mol. The summed E-state index contributed by atoms with van der Waals surface area (Å²) >= 11 is 6.08. The van der Waals surface area contributed by atoms with Crippen LogP contribution in [0.2, 0.25) is 5.02 Å². The number of halogens is 1. The lowest BCUT2D eigenvalue weighted by Crippen LogP contribution is -2.48. The van der Waals surface area contributed by atoms with Crippen molar-refractivity contribution >= 4 is 38.9 Å². The van der Waals surface area contributed by atoms with Gasteiger partial charge in [-0.15, -0.1) is 0 Å². The summed E-state index contributed by atoms with van der Waals surface area (Å²) in [5.74, 6) is -0.0783. The lowest BCUT2D eigenvalue weighted by Gasteiger charge is -2.34. The summed E-state index contributed by atoms with van der Waals surface area (Å²) < 4.78 is 31.4. The first-order valence-electron chi connectivity index (χ1n) is 7.98. The molecular formula is C18H19ClN2O4S. The largest absolute Gasteiger partial charge is 0.476 e. The number of amides is 1. The number of sulfonamides is 1. The van der Waals surface area contributed by atoms with Crippen LogP contribution >= 0.6 is 11.6 Å². The molecule has 0 fully saturated rings. The quantitative estimate of drug-likeness (QED) is 0.867. The fourth-order valence-corrected chi connectivity index (χ4v) is 3.85. The molecule has 0 saturated carbocycles. The van der Waals surface area contributed by atoms with Crippen molar-refractivity contribution in [3.8, 4) is 5.75 Å². The Morgan fingerprint density at radius 1 is 1.27 bits per heavy atom. The van der Waals surface area contributed by atoms with E-state index in [-0.39, 0.29) is 6.54 Å². The number of benzene rings is 2. The Balaban J connectivity index is 1.91. The topological polar surface area (TPSA) is 75.7 Å². The molecule has 26 heavy (non-hydrogen) atoms. The molecule has 1 heterocycles. The van der Waals surface area contributed by atoms with Crippen molar-refractivity contribution in [1.29, 1.82) is 0 Å². The van der Waals surface area contributed by atoms with E-state index >= 15 is 0 Å². The third kappa shape index (κ3) is 3.64. The highest BCUT2D eigenvalue weighted by Gasteiger charge is 2.35. The van der Waals surface area contributed by atoms with Gasteiger partial charge < -0.3 is 10.1 Å². The zero-order chi connectivity index (χ0) is 19.1. The fraction of sp³-hybridized carbons (Fsp3) is 0.278. The molecule has 0 bridgehead atoms. The first kappa shape index (κ1) is 18.5.